The molecular formula is C30H28O4. The molecule has 1 unspecified atom stereocenters. The lowest BCUT2D eigenvalue weighted by Gasteiger charge is -2.10. The fourth-order valence-electron chi connectivity index (χ4n) is 3.66. The van der Waals surface area contributed by atoms with Crippen LogP contribution in [0.1, 0.15) is 41.1 Å². The molecule has 0 spiro atoms. The quantitative estimate of drug-likeness (QED) is 0.389. The van der Waals surface area contributed by atoms with Gasteiger partial charge in [-0.2, -0.15) is 0 Å². The molecule has 3 aromatic carbocycles. The van der Waals surface area contributed by atoms with Crippen LogP contribution in [0.3, 0.4) is 0 Å². The highest BCUT2D eigenvalue weighted by molar-refractivity contribution is 5.95. The Balaban J connectivity index is 0.000000291. The zero-order valence-corrected chi connectivity index (χ0v) is 19.7. The first-order valence-corrected chi connectivity index (χ1v) is 11.3. The first kappa shape index (κ1) is 23.1. The molecule has 2 aliphatic rings. The Kier molecular flexibility index (Phi) is 7.28. The van der Waals surface area contributed by atoms with Crippen LogP contribution in [0.15, 0.2) is 103 Å². The van der Waals surface area contributed by atoms with Gasteiger partial charge in [-0.3, -0.25) is 0 Å². The fraction of sp³-hybridized carbons (Fsp3) is 0.167. The molecular weight excluding hydrogens is 424 g/mol. The lowest BCUT2D eigenvalue weighted by Crippen LogP contribution is -2.08. The second kappa shape index (κ2) is 10.7. The van der Waals surface area contributed by atoms with Crippen LogP contribution < -0.4 is 9.47 Å². The Morgan fingerprint density at radius 1 is 0.912 bits per heavy atom. The summed E-state index contributed by atoms with van der Waals surface area (Å²) in [4.78, 5) is 12.3. The van der Waals surface area contributed by atoms with E-state index in [1.807, 2.05) is 67.6 Å². The highest BCUT2D eigenvalue weighted by atomic mass is 16.7. The molecule has 172 valence electrons. The molecule has 0 radical (unpaired) electrons. The van der Waals surface area contributed by atoms with Crippen molar-refractivity contribution < 1.29 is 19.0 Å². The molecule has 0 aromatic heterocycles. The van der Waals surface area contributed by atoms with Crippen molar-refractivity contribution in [2.24, 2.45) is 0 Å². The number of benzene rings is 3. The van der Waals surface area contributed by atoms with E-state index in [1.165, 1.54) is 18.2 Å². The Morgan fingerprint density at radius 3 is 2.41 bits per heavy atom. The van der Waals surface area contributed by atoms with Gasteiger partial charge in [0, 0.05) is 5.56 Å². The van der Waals surface area contributed by atoms with E-state index in [0.29, 0.717) is 17.1 Å². The van der Waals surface area contributed by atoms with E-state index in [0.717, 1.165) is 23.1 Å². The monoisotopic (exact) mass is 452 g/mol. The van der Waals surface area contributed by atoms with Crippen LogP contribution in [0.5, 0.6) is 11.5 Å². The smallest absolute Gasteiger partial charge is 0.341 e. The number of esters is 1. The molecule has 4 nitrogen and oxygen atoms in total. The van der Waals surface area contributed by atoms with Crippen molar-refractivity contribution in [2.45, 2.75) is 26.6 Å². The van der Waals surface area contributed by atoms with Crippen molar-refractivity contribution in [3.63, 3.8) is 0 Å². The van der Waals surface area contributed by atoms with Gasteiger partial charge >= 0.3 is 5.97 Å². The lowest BCUT2D eigenvalue weighted by molar-refractivity contribution is 0.0459. The summed E-state index contributed by atoms with van der Waals surface area (Å²) in [6.07, 6.45) is 11.2. The average Bonchev–Trinajstić information content (AvgIpc) is 3.16. The second-order valence-corrected chi connectivity index (χ2v) is 8.16. The minimum atomic E-state index is -0.581. The molecule has 3 aromatic rings. The average molecular weight is 453 g/mol. The van der Waals surface area contributed by atoms with Gasteiger partial charge in [-0.1, -0.05) is 96.1 Å². The Morgan fingerprint density at radius 2 is 1.68 bits per heavy atom. The number of allylic oxidation sites excluding steroid dienone is 6. The summed E-state index contributed by atoms with van der Waals surface area (Å²) in [5, 5.41) is 0. The number of aryl methyl sites for hydroxylation is 1. The maximum Gasteiger partial charge on any atom is 0.341 e. The number of carbonyl (C=O) groups is 1. The summed E-state index contributed by atoms with van der Waals surface area (Å²) in [6, 6.07) is 21.4. The number of methoxy groups -OCH3 is 1. The summed E-state index contributed by atoms with van der Waals surface area (Å²) >= 11 is 0. The van der Waals surface area contributed by atoms with Crippen molar-refractivity contribution >= 4 is 5.97 Å². The van der Waals surface area contributed by atoms with Crippen molar-refractivity contribution in [1.29, 1.82) is 0 Å². The van der Waals surface area contributed by atoms with Gasteiger partial charge in [0.05, 0.1) is 7.11 Å². The second-order valence-electron chi connectivity index (χ2n) is 8.16. The predicted molar refractivity (Wildman–Crippen MR) is 135 cm³/mol. The maximum absolute atomic E-state index is 12.3. The maximum atomic E-state index is 12.3. The van der Waals surface area contributed by atoms with Crippen molar-refractivity contribution in [1.82, 2.24) is 0 Å². The normalized spacial score (nSPS) is 15.6. The van der Waals surface area contributed by atoms with Gasteiger partial charge in [-0.15, -0.1) is 0 Å². The Hall–Kier alpha value is -4.05. The third-order valence-electron chi connectivity index (χ3n) is 5.52. The van der Waals surface area contributed by atoms with E-state index < -0.39 is 12.3 Å². The standard InChI is InChI=1S/C22H18O4.C8H10/c1-14-8-10-15(11-9-14)17-12-18(21(23)24-2)20-19(13-17)25-22(26-20)16-6-4-3-5-7-16;1-8-6-4-2-3-5-7-8/h3-13,22H,1-2H3;2,4-7H,3H2,1H3. The van der Waals surface area contributed by atoms with Crippen molar-refractivity contribution in [2.75, 3.05) is 7.11 Å². The van der Waals surface area contributed by atoms with Gasteiger partial charge in [0.2, 0.25) is 0 Å². The van der Waals surface area contributed by atoms with Crippen LogP contribution in [-0.2, 0) is 4.74 Å². The molecule has 0 fully saturated rings. The van der Waals surface area contributed by atoms with Crippen molar-refractivity contribution in [3.05, 3.63) is 119 Å². The minimum Gasteiger partial charge on any atom is -0.465 e. The van der Waals surface area contributed by atoms with E-state index in [9.17, 15) is 4.79 Å². The molecule has 5 rings (SSSR count). The first-order chi connectivity index (χ1) is 16.5. The van der Waals surface area contributed by atoms with E-state index >= 15 is 0 Å². The number of hydrogen-bond donors (Lipinski definition) is 0. The first-order valence-electron chi connectivity index (χ1n) is 11.3. The topological polar surface area (TPSA) is 44.8 Å². The van der Waals surface area contributed by atoms with Gasteiger partial charge in [-0.05, 0) is 43.5 Å². The number of fused-ring (bicyclic) bond motifs is 1. The minimum absolute atomic E-state index is 0.360. The molecule has 1 heterocycles. The van der Waals surface area contributed by atoms with E-state index in [-0.39, 0.29) is 0 Å². The van der Waals surface area contributed by atoms with Crippen molar-refractivity contribution in [3.8, 4) is 22.6 Å². The van der Waals surface area contributed by atoms with E-state index in [4.69, 9.17) is 14.2 Å². The molecule has 34 heavy (non-hydrogen) atoms. The van der Waals surface area contributed by atoms with E-state index in [1.54, 1.807) is 6.07 Å². The summed E-state index contributed by atoms with van der Waals surface area (Å²) in [5.41, 5.74) is 5.62. The Labute approximate surface area is 200 Å². The molecule has 0 saturated carbocycles. The number of ether oxygens (including phenoxy) is 3. The fourth-order valence-corrected chi connectivity index (χ4v) is 3.66. The molecule has 0 saturated heterocycles. The molecule has 0 bridgehead atoms. The van der Waals surface area contributed by atoms with Gasteiger partial charge in [0.25, 0.3) is 6.29 Å². The third kappa shape index (κ3) is 5.46. The van der Waals surface area contributed by atoms with Gasteiger partial charge in [0.15, 0.2) is 11.5 Å². The van der Waals surface area contributed by atoms with Crippen LogP contribution >= 0.6 is 0 Å². The van der Waals surface area contributed by atoms with Crippen LogP contribution in [0.2, 0.25) is 0 Å². The van der Waals surface area contributed by atoms with Crippen LogP contribution in [-0.4, -0.2) is 13.1 Å². The largest absolute Gasteiger partial charge is 0.465 e. The van der Waals surface area contributed by atoms with Crippen LogP contribution in [0.25, 0.3) is 11.1 Å². The summed E-state index contributed by atoms with van der Waals surface area (Å²) in [5.74, 6) is 0.506. The molecule has 1 aliphatic heterocycles. The number of rotatable bonds is 3. The number of hydrogen-bond acceptors (Lipinski definition) is 4. The molecule has 0 amide bonds. The zero-order chi connectivity index (χ0) is 23.9. The molecule has 1 aliphatic carbocycles. The number of carbonyl (C=O) groups excluding carboxylic acids is 1. The highest BCUT2D eigenvalue weighted by Gasteiger charge is 2.31. The summed E-state index contributed by atoms with van der Waals surface area (Å²) < 4.78 is 16.9. The highest BCUT2D eigenvalue weighted by Crippen LogP contribution is 2.45. The molecule has 4 heteroatoms. The van der Waals surface area contributed by atoms with Gasteiger partial charge < -0.3 is 14.2 Å². The molecule has 1 atom stereocenters. The van der Waals surface area contributed by atoms with Gasteiger partial charge in [-0.25, -0.2) is 4.79 Å². The lowest BCUT2D eigenvalue weighted by atomic mass is 10.0. The van der Waals surface area contributed by atoms with Gasteiger partial charge in [0.1, 0.15) is 5.56 Å². The SMILES string of the molecule is CC1=CC=CCC=C1.COC(=O)c1cc(-c2ccc(C)cc2)cc2c1OC(c1ccccc1)O2. The van der Waals surface area contributed by atoms with Crippen LogP contribution in [0, 0.1) is 6.92 Å². The third-order valence-corrected chi connectivity index (χ3v) is 5.52. The summed E-state index contributed by atoms with van der Waals surface area (Å²) in [7, 11) is 1.36. The molecule has 0 N–H and O–H groups in total. The van der Waals surface area contributed by atoms with E-state index in [2.05, 4.69) is 37.3 Å². The predicted octanol–water partition coefficient (Wildman–Crippen LogP) is 7.37. The zero-order valence-electron chi connectivity index (χ0n) is 19.7. The Bertz CT molecular complexity index is 1230. The van der Waals surface area contributed by atoms with Crippen LogP contribution in [0.4, 0.5) is 0 Å². The summed E-state index contributed by atoms with van der Waals surface area (Å²) in [6.45, 7) is 4.14.